The third kappa shape index (κ3) is 7.99. The van der Waals surface area contributed by atoms with Gasteiger partial charge in [-0.3, -0.25) is 4.79 Å². The molecule has 0 fully saturated rings. The van der Waals surface area contributed by atoms with Crippen LogP contribution in [0.4, 0.5) is 0 Å². The molecular weight excluding hydrogens is 234 g/mol. The average molecular weight is 250 g/mol. The van der Waals surface area contributed by atoms with Crippen LogP contribution in [0.3, 0.4) is 0 Å². The highest BCUT2D eigenvalue weighted by Crippen LogP contribution is 1.95. The molecule has 0 aliphatic rings. The first kappa shape index (κ1) is 12.7. The Hall–Kier alpha value is -0.350. The van der Waals surface area contributed by atoms with E-state index in [-0.39, 0.29) is 10.7 Å². The number of hydrogen-bond donors (Lipinski definition) is 1. The van der Waals surface area contributed by atoms with Crippen LogP contribution in [0.1, 0.15) is 13.8 Å². The molecule has 76 valence electrons. The summed E-state index contributed by atoms with van der Waals surface area (Å²) in [4.78, 5) is 10.9. The molecule has 0 aliphatic heterocycles. The minimum absolute atomic E-state index is 0.0149. The molecule has 0 saturated carbocycles. The summed E-state index contributed by atoms with van der Waals surface area (Å²) in [7, 11) is 0. The van der Waals surface area contributed by atoms with E-state index in [1.807, 2.05) is 6.92 Å². The predicted octanol–water partition coefficient (Wildman–Crippen LogP) is 1.48. The Morgan fingerprint density at radius 1 is 1.69 bits per heavy atom. The number of carbonyl (C=O) groups is 1. The SMILES string of the molecule is C=C(C)COCCNC(=O)C(C)Br. The minimum Gasteiger partial charge on any atom is -0.375 e. The molecule has 13 heavy (non-hydrogen) atoms. The number of halogens is 1. The molecule has 3 nitrogen and oxygen atoms in total. The second kappa shape index (κ2) is 7.09. The van der Waals surface area contributed by atoms with Crippen molar-refractivity contribution in [3.8, 4) is 0 Å². The monoisotopic (exact) mass is 249 g/mol. The van der Waals surface area contributed by atoms with Crippen LogP contribution in [0.5, 0.6) is 0 Å². The van der Waals surface area contributed by atoms with Crippen LogP contribution in [-0.2, 0) is 9.53 Å². The Bertz CT molecular complexity index is 180. The molecule has 0 rings (SSSR count). The fourth-order valence-corrected chi connectivity index (χ4v) is 0.795. The Morgan fingerprint density at radius 2 is 2.31 bits per heavy atom. The van der Waals surface area contributed by atoms with E-state index in [0.29, 0.717) is 19.8 Å². The second-order valence-corrected chi connectivity index (χ2v) is 4.29. The van der Waals surface area contributed by atoms with E-state index in [4.69, 9.17) is 4.74 Å². The zero-order valence-electron chi connectivity index (χ0n) is 8.10. The van der Waals surface area contributed by atoms with Crippen LogP contribution in [-0.4, -0.2) is 30.5 Å². The number of rotatable bonds is 6. The highest BCUT2D eigenvalue weighted by atomic mass is 79.9. The summed E-state index contributed by atoms with van der Waals surface area (Å²) in [6.07, 6.45) is 0. The molecule has 0 aromatic rings. The van der Waals surface area contributed by atoms with Gasteiger partial charge < -0.3 is 10.1 Å². The van der Waals surface area contributed by atoms with Crippen molar-refractivity contribution in [2.45, 2.75) is 18.7 Å². The van der Waals surface area contributed by atoms with Crippen molar-refractivity contribution in [1.29, 1.82) is 0 Å². The van der Waals surface area contributed by atoms with Gasteiger partial charge in [-0.25, -0.2) is 0 Å². The van der Waals surface area contributed by atoms with E-state index < -0.39 is 0 Å². The molecule has 4 heteroatoms. The molecule has 0 spiro atoms. The summed E-state index contributed by atoms with van der Waals surface area (Å²) in [5.74, 6) is -0.0149. The molecule has 1 unspecified atom stereocenters. The fourth-order valence-electron chi connectivity index (χ4n) is 0.633. The third-order valence-corrected chi connectivity index (χ3v) is 1.67. The lowest BCUT2D eigenvalue weighted by Crippen LogP contribution is -2.32. The van der Waals surface area contributed by atoms with E-state index in [9.17, 15) is 4.79 Å². The minimum atomic E-state index is -0.145. The Balaban J connectivity index is 3.26. The molecule has 0 saturated heterocycles. The van der Waals surface area contributed by atoms with Crippen molar-refractivity contribution in [2.75, 3.05) is 19.8 Å². The van der Waals surface area contributed by atoms with Crippen LogP contribution in [0, 0.1) is 0 Å². The number of hydrogen-bond acceptors (Lipinski definition) is 2. The number of amides is 1. The zero-order valence-corrected chi connectivity index (χ0v) is 9.69. The maximum Gasteiger partial charge on any atom is 0.233 e. The van der Waals surface area contributed by atoms with Gasteiger partial charge in [0.05, 0.1) is 18.0 Å². The zero-order chi connectivity index (χ0) is 10.3. The molecule has 1 atom stereocenters. The molecular formula is C9H16BrNO2. The lowest BCUT2D eigenvalue weighted by Gasteiger charge is -2.07. The lowest BCUT2D eigenvalue weighted by atomic mass is 10.4. The quantitative estimate of drug-likeness (QED) is 0.440. The third-order valence-electron chi connectivity index (χ3n) is 1.26. The van der Waals surface area contributed by atoms with Crippen LogP contribution >= 0.6 is 15.9 Å². The van der Waals surface area contributed by atoms with Crippen molar-refractivity contribution in [3.63, 3.8) is 0 Å². The van der Waals surface area contributed by atoms with Crippen molar-refractivity contribution in [2.24, 2.45) is 0 Å². The summed E-state index contributed by atoms with van der Waals surface area (Å²) in [5, 5.41) is 2.72. The van der Waals surface area contributed by atoms with Crippen LogP contribution in [0.25, 0.3) is 0 Å². The molecule has 0 aromatic carbocycles. The lowest BCUT2D eigenvalue weighted by molar-refractivity contribution is -0.120. The maximum atomic E-state index is 11.0. The average Bonchev–Trinajstić information content (AvgIpc) is 2.02. The number of nitrogens with one attached hydrogen (secondary N) is 1. The number of ether oxygens (including phenoxy) is 1. The first-order valence-electron chi connectivity index (χ1n) is 4.18. The van der Waals surface area contributed by atoms with Gasteiger partial charge in [0.15, 0.2) is 0 Å². The molecule has 1 N–H and O–H groups in total. The maximum absolute atomic E-state index is 11.0. The Kier molecular flexibility index (Phi) is 6.90. The topological polar surface area (TPSA) is 38.3 Å². The second-order valence-electron chi connectivity index (χ2n) is 2.92. The number of carbonyl (C=O) groups excluding carboxylic acids is 1. The van der Waals surface area contributed by atoms with E-state index in [1.54, 1.807) is 6.92 Å². The summed E-state index contributed by atoms with van der Waals surface area (Å²) >= 11 is 3.17. The van der Waals surface area contributed by atoms with E-state index in [1.165, 1.54) is 0 Å². The summed E-state index contributed by atoms with van der Waals surface area (Å²) in [6.45, 7) is 9.01. The molecule has 0 aromatic heterocycles. The summed E-state index contributed by atoms with van der Waals surface area (Å²) in [5.41, 5.74) is 0.986. The fraction of sp³-hybridized carbons (Fsp3) is 0.667. The van der Waals surface area contributed by atoms with Gasteiger partial charge in [-0.1, -0.05) is 28.1 Å². The first-order chi connectivity index (χ1) is 6.04. The Labute approximate surface area is 87.7 Å². The van der Waals surface area contributed by atoms with Crippen molar-refractivity contribution in [1.82, 2.24) is 5.32 Å². The molecule has 0 aliphatic carbocycles. The molecule has 0 heterocycles. The van der Waals surface area contributed by atoms with Crippen molar-refractivity contribution < 1.29 is 9.53 Å². The van der Waals surface area contributed by atoms with Crippen molar-refractivity contribution in [3.05, 3.63) is 12.2 Å². The largest absolute Gasteiger partial charge is 0.375 e. The van der Waals surface area contributed by atoms with Gasteiger partial charge in [0.2, 0.25) is 5.91 Å². The normalized spacial score (nSPS) is 12.2. The van der Waals surface area contributed by atoms with Gasteiger partial charge >= 0.3 is 0 Å². The van der Waals surface area contributed by atoms with Crippen LogP contribution in [0.15, 0.2) is 12.2 Å². The van der Waals surface area contributed by atoms with Gasteiger partial charge in [-0.05, 0) is 13.8 Å². The standard InChI is InChI=1S/C9H16BrNO2/c1-7(2)6-13-5-4-11-9(12)8(3)10/h8H,1,4-6H2,2-3H3,(H,11,12). The van der Waals surface area contributed by atoms with E-state index in [0.717, 1.165) is 5.57 Å². The molecule has 0 radical (unpaired) electrons. The van der Waals surface area contributed by atoms with Gasteiger partial charge in [-0.2, -0.15) is 0 Å². The number of alkyl halides is 1. The highest BCUT2D eigenvalue weighted by molar-refractivity contribution is 9.10. The van der Waals surface area contributed by atoms with Gasteiger partial charge in [0.1, 0.15) is 0 Å². The Morgan fingerprint density at radius 3 is 2.77 bits per heavy atom. The van der Waals surface area contributed by atoms with Gasteiger partial charge in [0.25, 0.3) is 0 Å². The first-order valence-corrected chi connectivity index (χ1v) is 5.09. The van der Waals surface area contributed by atoms with Crippen molar-refractivity contribution >= 4 is 21.8 Å². The van der Waals surface area contributed by atoms with Crippen LogP contribution < -0.4 is 5.32 Å². The van der Waals surface area contributed by atoms with E-state index >= 15 is 0 Å². The summed E-state index contributed by atoms with van der Waals surface area (Å²) < 4.78 is 5.20. The van der Waals surface area contributed by atoms with Gasteiger partial charge in [0, 0.05) is 6.54 Å². The smallest absolute Gasteiger partial charge is 0.233 e. The van der Waals surface area contributed by atoms with Gasteiger partial charge in [-0.15, -0.1) is 0 Å². The molecule has 0 bridgehead atoms. The predicted molar refractivity (Wildman–Crippen MR) is 57.0 cm³/mol. The van der Waals surface area contributed by atoms with Crippen LogP contribution in [0.2, 0.25) is 0 Å². The highest BCUT2D eigenvalue weighted by Gasteiger charge is 2.06. The summed E-state index contributed by atoms with van der Waals surface area (Å²) in [6, 6.07) is 0. The molecule has 1 amide bonds. The van der Waals surface area contributed by atoms with E-state index in [2.05, 4.69) is 27.8 Å².